The minimum Gasteiger partial charge on any atom is -0.444 e. The predicted molar refractivity (Wildman–Crippen MR) is 139 cm³/mol. The van der Waals surface area contributed by atoms with E-state index in [1.165, 1.54) is 55.0 Å². The van der Waals surface area contributed by atoms with Crippen LogP contribution < -0.4 is 10.6 Å². The highest BCUT2D eigenvalue weighted by atomic mass is 16.6. The Balaban J connectivity index is 1.28. The molecular formula is C28H39N3O2. The van der Waals surface area contributed by atoms with Gasteiger partial charge in [-0.05, 0) is 45.7 Å². The number of para-hydroxylation sites is 2. The van der Waals surface area contributed by atoms with E-state index in [0.717, 1.165) is 30.4 Å². The number of alkyl carbamates (subject to hydrolysis) is 1. The van der Waals surface area contributed by atoms with E-state index in [-0.39, 0.29) is 6.09 Å². The topological polar surface area (TPSA) is 63.2 Å². The Morgan fingerprint density at radius 2 is 1.24 bits per heavy atom. The molecule has 2 aromatic carbocycles. The first-order chi connectivity index (χ1) is 15.9. The molecular weight excluding hydrogens is 410 g/mol. The fourth-order valence-corrected chi connectivity index (χ4v) is 4.06. The molecule has 0 bridgehead atoms. The van der Waals surface area contributed by atoms with Crippen molar-refractivity contribution >= 4 is 33.6 Å². The van der Waals surface area contributed by atoms with Gasteiger partial charge in [-0.25, -0.2) is 9.78 Å². The van der Waals surface area contributed by atoms with Gasteiger partial charge < -0.3 is 15.4 Å². The van der Waals surface area contributed by atoms with Gasteiger partial charge in [-0.1, -0.05) is 74.9 Å². The maximum absolute atomic E-state index is 11.6. The number of hydrogen-bond acceptors (Lipinski definition) is 4. The quantitative estimate of drug-likeness (QED) is 0.223. The molecule has 2 N–H and O–H groups in total. The minimum absolute atomic E-state index is 0.316. The van der Waals surface area contributed by atoms with Crippen LogP contribution in [-0.4, -0.2) is 29.8 Å². The van der Waals surface area contributed by atoms with E-state index < -0.39 is 5.60 Å². The number of ether oxygens (including phenoxy) is 1. The summed E-state index contributed by atoms with van der Waals surface area (Å²) in [5.41, 5.74) is 2.86. The Kier molecular flexibility index (Phi) is 9.35. The van der Waals surface area contributed by atoms with Crippen molar-refractivity contribution in [2.45, 2.75) is 77.7 Å². The third kappa shape index (κ3) is 8.23. The second kappa shape index (κ2) is 12.4. The third-order valence-corrected chi connectivity index (χ3v) is 5.66. The Hall–Kier alpha value is -2.82. The van der Waals surface area contributed by atoms with Crippen molar-refractivity contribution in [1.29, 1.82) is 0 Å². The normalized spacial score (nSPS) is 11.6. The Morgan fingerprint density at radius 3 is 1.79 bits per heavy atom. The van der Waals surface area contributed by atoms with Gasteiger partial charge in [0.25, 0.3) is 0 Å². The van der Waals surface area contributed by atoms with Gasteiger partial charge in [0.15, 0.2) is 0 Å². The average molecular weight is 450 g/mol. The number of pyridine rings is 1. The molecule has 5 heteroatoms. The molecule has 33 heavy (non-hydrogen) atoms. The summed E-state index contributed by atoms with van der Waals surface area (Å²) in [4.78, 5) is 16.4. The molecule has 0 saturated carbocycles. The van der Waals surface area contributed by atoms with Crippen LogP contribution in [0.5, 0.6) is 0 Å². The smallest absolute Gasteiger partial charge is 0.407 e. The van der Waals surface area contributed by atoms with Crippen LogP contribution in [0, 0.1) is 0 Å². The molecule has 1 amide bonds. The molecule has 0 saturated heterocycles. The number of nitrogens with one attached hydrogen (secondary N) is 2. The molecule has 0 fully saturated rings. The van der Waals surface area contributed by atoms with Gasteiger partial charge in [-0.15, -0.1) is 0 Å². The number of carbonyl (C=O) groups is 1. The summed E-state index contributed by atoms with van der Waals surface area (Å²) in [7, 11) is 0. The van der Waals surface area contributed by atoms with Gasteiger partial charge in [0.05, 0.1) is 16.7 Å². The van der Waals surface area contributed by atoms with Gasteiger partial charge in [0.1, 0.15) is 5.60 Å². The van der Waals surface area contributed by atoms with E-state index in [1.807, 2.05) is 32.9 Å². The molecule has 1 heterocycles. The second-order valence-corrected chi connectivity index (χ2v) is 9.70. The van der Waals surface area contributed by atoms with Crippen molar-refractivity contribution in [3.8, 4) is 0 Å². The highest BCUT2D eigenvalue weighted by molar-refractivity contribution is 6.07. The van der Waals surface area contributed by atoms with E-state index >= 15 is 0 Å². The van der Waals surface area contributed by atoms with Gasteiger partial charge in [0, 0.05) is 23.9 Å². The number of carbonyl (C=O) groups excluding carboxylic acids is 1. The van der Waals surface area contributed by atoms with Crippen LogP contribution in [0.2, 0.25) is 0 Å². The molecule has 0 aliphatic heterocycles. The molecule has 178 valence electrons. The first-order valence-electron chi connectivity index (χ1n) is 12.4. The second-order valence-electron chi connectivity index (χ2n) is 9.70. The monoisotopic (exact) mass is 449 g/mol. The van der Waals surface area contributed by atoms with Crippen molar-refractivity contribution < 1.29 is 9.53 Å². The molecule has 0 atom stereocenters. The van der Waals surface area contributed by atoms with E-state index in [9.17, 15) is 4.79 Å². The lowest BCUT2D eigenvalue weighted by atomic mass is 10.1. The lowest BCUT2D eigenvalue weighted by Crippen LogP contribution is -2.32. The van der Waals surface area contributed by atoms with Crippen LogP contribution in [-0.2, 0) is 4.74 Å². The SMILES string of the molecule is CC(C)(C)OC(=O)NCCCCCCCCCCNc1c2ccccc2nc2ccccc12. The maximum Gasteiger partial charge on any atom is 0.407 e. The summed E-state index contributed by atoms with van der Waals surface area (Å²) < 4.78 is 5.24. The van der Waals surface area contributed by atoms with Crippen molar-refractivity contribution in [2.75, 3.05) is 18.4 Å². The fourth-order valence-electron chi connectivity index (χ4n) is 4.06. The summed E-state index contributed by atoms with van der Waals surface area (Å²) in [5.74, 6) is 0. The van der Waals surface area contributed by atoms with Crippen molar-refractivity contribution in [3.63, 3.8) is 0 Å². The number of hydrogen-bond donors (Lipinski definition) is 2. The number of benzene rings is 2. The van der Waals surface area contributed by atoms with Gasteiger partial charge >= 0.3 is 6.09 Å². The Labute approximate surface area is 198 Å². The highest BCUT2D eigenvalue weighted by Gasteiger charge is 2.15. The molecule has 0 aliphatic carbocycles. The summed E-state index contributed by atoms with van der Waals surface area (Å²) in [6.45, 7) is 7.32. The predicted octanol–water partition coefficient (Wildman–Crippen LogP) is 7.45. The van der Waals surface area contributed by atoms with Gasteiger partial charge in [-0.2, -0.15) is 0 Å². The number of aromatic nitrogens is 1. The summed E-state index contributed by atoms with van der Waals surface area (Å²) >= 11 is 0. The van der Waals surface area contributed by atoms with Crippen molar-refractivity contribution in [1.82, 2.24) is 10.3 Å². The summed E-state index contributed by atoms with van der Waals surface area (Å²) in [6, 6.07) is 16.7. The number of amides is 1. The molecule has 5 nitrogen and oxygen atoms in total. The molecule has 3 aromatic rings. The van der Waals surface area contributed by atoms with Crippen LogP contribution in [0.1, 0.15) is 72.1 Å². The summed E-state index contributed by atoms with van der Waals surface area (Å²) in [6.07, 6.45) is 9.30. The fraction of sp³-hybridized carbons (Fsp3) is 0.500. The lowest BCUT2D eigenvalue weighted by Gasteiger charge is -2.19. The van der Waals surface area contributed by atoms with Gasteiger partial charge in [-0.3, -0.25) is 0 Å². The number of anilines is 1. The molecule has 0 spiro atoms. The average Bonchev–Trinajstić information content (AvgIpc) is 2.78. The van der Waals surface area contributed by atoms with E-state index in [1.54, 1.807) is 0 Å². The standard InChI is InChI=1S/C28H39N3O2/c1-28(2,3)33-27(32)30-21-15-9-7-5-4-6-8-14-20-29-26-22-16-10-12-18-24(22)31-25-19-13-11-17-23(25)26/h10-13,16-19H,4-9,14-15,20-21H2,1-3H3,(H,29,31)(H,30,32). The minimum atomic E-state index is -0.431. The zero-order valence-corrected chi connectivity index (χ0v) is 20.5. The Morgan fingerprint density at radius 1 is 0.758 bits per heavy atom. The largest absolute Gasteiger partial charge is 0.444 e. The van der Waals surface area contributed by atoms with Crippen molar-refractivity contribution in [3.05, 3.63) is 48.5 Å². The first-order valence-corrected chi connectivity index (χ1v) is 12.4. The molecule has 0 aliphatic rings. The number of unbranched alkanes of at least 4 members (excludes halogenated alkanes) is 7. The molecule has 1 aromatic heterocycles. The van der Waals surface area contributed by atoms with E-state index in [4.69, 9.17) is 9.72 Å². The van der Waals surface area contributed by atoms with Crippen LogP contribution in [0.4, 0.5) is 10.5 Å². The molecule has 0 unspecified atom stereocenters. The van der Waals surface area contributed by atoms with Crippen molar-refractivity contribution in [2.24, 2.45) is 0 Å². The van der Waals surface area contributed by atoms with Crippen LogP contribution in [0.15, 0.2) is 48.5 Å². The number of nitrogens with zero attached hydrogens (tertiary/aromatic N) is 1. The van der Waals surface area contributed by atoms with E-state index in [2.05, 4.69) is 47.0 Å². The van der Waals surface area contributed by atoms with Crippen LogP contribution in [0.3, 0.4) is 0 Å². The third-order valence-electron chi connectivity index (χ3n) is 5.66. The zero-order chi connectivity index (χ0) is 23.5. The number of rotatable bonds is 12. The van der Waals surface area contributed by atoms with Crippen LogP contribution in [0.25, 0.3) is 21.8 Å². The van der Waals surface area contributed by atoms with Gasteiger partial charge in [0.2, 0.25) is 0 Å². The highest BCUT2D eigenvalue weighted by Crippen LogP contribution is 2.30. The molecule has 3 rings (SSSR count). The zero-order valence-electron chi connectivity index (χ0n) is 20.5. The first kappa shape index (κ1) is 24.8. The summed E-state index contributed by atoms with van der Waals surface area (Å²) in [5, 5.41) is 8.91. The number of fused-ring (bicyclic) bond motifs is 2. The van der Waals surface area contributed by atoms with E-state index in [0.29, 0.717) is 6.54 Å². The maximum atomic E-state index is 11.6. The lowest BCUT2D eigenvalue weighted by molar-refractivity contribution is 0.0527. The van der Waals surface area contributed by atoms with Crippen LogP contribution >= 0.6 is 0 Å². The Bertz CT molecular complexity index is 972. The molecule has 0 radical (unpaired) electrons.